The van der Waals surface area contributed by atoms with Crippen LogP contribution in [-0.2, 0) is 16.1 Å². The highest BCUT2D eigenvalue weighted by molar-refractivity contribution is 5.92. The average Bonchev–Trinajstić information content (AvgIpc) is 2.68. The average molecular weight is 391 g/mol. The number of benzene rings is 1. The number of amides is 1. The maximum atomic E-state index is 12.4. The van der Waals surface area contributed by atoms with Gasteiger partial charge in [0.15, 0.2) is 0 Å². The van der Waals surface area contributed by atoms with Crippen LogP contribution in [0.2, 0.25) is 0 Å². The summed E-state index contributed by atoms with van der Waals surface area (Å²) in [4.78, 5) is 46.6. The van der Waals surface area contributed by atoms with Crippen molar-refractivity contribution < 1.29 is 28.7 Å². The number of anilines is 1. The van der Waals surface area contributed by atoms with Crippen molar-refractivity contribution >= 4 is 23.3 Å². The molecule has 0 radical (unpaired) electrons. The number of hydrogen-bond acceptors (Lipinski definition) is 8. The molecule has 0 atom stereocenters. The quantitative estimate of drug-likeness (QED) is 0.422. The van der Waals surface area contributed by atoms with E-state index in [1.54, 1.807) is 6.07 Å². The molecule has 0 aliphatic rings. The molecule has 0 fully saturated rings. The molecule has 0 aliphatic carbocycles. The molecule has 1 N–H and O–H groups in total. The number of aromatic nitrogens is 1. The molecule has 11 nitrogen and oxygen atoms in total. The van der Waals surface area contributed by atoms with Crippen molar-refractivity contribution in [2.45, 2.75) is 6.54 Å². The van der Waals surface area contributed by atoms with Crippen molar-refractivity contribution in [3.63, 3.8) is 0 Å². The van der Waals surface area contributed by atoms with Crippen LogP contribution in [0.4, 0.5) is 11.4 Å². The van der Waals surface area contributed by atoms with E-state index in [0.717, 1.165) is 23.9 Å². The summed E-state index contributed by atoms with van der Waals surface area (Å²) in [5.74, 6) is -0.848. The Bertz CT molecular complexity index is 961. The van der Waals surface area contributed by atoms with E-state index < -0.39 is 40.2 Å². The minimum absolute atomic E-state index is 0.327. The van der Waals surface area contributed by atoms with Crippen molar-refractivity contribution in [3.05, 3.63) is 56.5 Å². The summed E-state index contributed by atoms with van der Waals surface area (Å²) in [6.45, 7) is -0.565. The summed E-state index contributed by atoms with van der Waals surface area (Å²) in [7, 11) is 3.92. The Kier molecular flexibility index (Phi) is 6.32. The Hall–Kier alpha value is -3.89. The first-order valence-corrected chi connectivity index (χ1v) is 7.79. The molecule has 0 saturated carbocycles. The predicted octanol–water partition coefficient (Wildman–Crippen LogP) is 1.20. The molecule has 0 spiro atoms. The van der Waals surface area contributed by atoms with E-state index in [1.165, 1.54) is 26.4 Å². The second kappa shape index (κ2) is 8.66. The molecule has 11 heteroatoms. The number of carbonyl (C=O) groups excluding carboxylic acids is 2. The van der Waals surface area contributed by atoms with Gasteiger partial charge in [-0.15, -0.1) is 0 Å². The lowest BCUT2D eigenvalue weighted by atomic mass is 10.2. The number of ether oxygens (including phenoxy) is 3. The lowest BCUT2D eigenvalue weighted by Gasteiger charge is -2.11. The fourth-order valence-electron chi connectivity index (χ4n) is 2.33. The van der Waals surface area contributed by atoms with Crippen LogP contribution in [-0.4, -0.2) is 42.7 Å². The Labute approximate surface area is 158 Å². The van der Waals surface area contributed by atoms with Gasteiger partial charge >= 0.3 is 5.97 Å². The third-order valence-electron chi connectivity index (χ3n) is 3.64. The highest BCUT2D eigenvalue weighted by Gasteiger charge is 2.21. The van der Waals surface area contributed by atoms with Crippen LogP contribution >= 0.6 is 0 Å². The molecule has 1 aromatic carbocycles. The predicted molar refractivity (Wildman–Crippen MR) is 96.9 cm³/mol. The first kappa shape index (κ1) is 20.4. The van der Waals surface area contributed by atoms with E-state index in [4.69, 9.17) is 9.47 Å². The smallest absolute Gasteiger partial charge is 0.343 e. The minimum atomic E-state index is -1.04. The van der Waals surface area contributed by atoms with Crippen molar-refractivity contribution in [1.29, 1.82) is 0 Å². The van der Waals surface area contributed by atoms with E-state index in [1.807, 2.05) is 0 Å². The van der Waals surface area contributed by atoms with Gasteiger partial charge < -0.3 is 19.5 Å². The van der Waals surface area contributed by atoms with Crippen molar-refractivity contribution in [3.8, 4) is 11.5 Å². The summed E-state index contributed by atoms with van der Waals surface area (Å²) in [5, 5.41) is 13.6. The highest BCUT2D eigenvalue weighted by Crippen LogP contribution is 2.25. The van der Waals surface area contributed by atoms with Crippen LogP contribution < -0.4 is 20.3 Å². The second-order valence-electron chi connectivity index (χ2n) is 5.44. The molecule has 2 aromatic rings. The van der Waals surface area contributed by atoms with Crippen LogP contribution in [0.3, 0.4) is 0 Å². The Morgan fingerprint density at radius 3 is 2.21 bits per heavy atom. The van der Waals surface area contributed by atoms with Crippen LogP contribution in [0.1, 0.15) is 10.4 Å². The Morgan fingerprint density at radius 1 is 1.11 bits per heavy atom. The highest BCUT2D eigenvalue weighted by atomic mass is 16.6. The molecular weight excluding hydrogens is 374 g/mol. The van der Waals surface area contributed by atoms with Crippen molar-refractivity contribution in [1.82, 2.24) is 4.57 Å². The minimum Gasteiger partial charge on any atom is -0.497 e. The Morgan fingerprint density at radius 2 is 1.71 bits per heavy atom. The number of hydrogen-bond donors (Lipinski definition) is 1. The van der Waals surface area contributed by atoms with E-state index in [-0.39, 0.29) is 0 Å². The van der Waals surface area contributed by atoms with Gasteiger partial charge in [0.25, 0.3) is 11.2 Å². The standard InChI is InChI=1S/C17H17N3O8/c1-26-12-4-10(5-13(7-12)27-2)18-15(21)9-19-8-11(20(24)25)6-14(16(19)22)17(23)28-3/h4-8H,9H2,1-3H3,(H,18,21). The van der Waals surface area contributed by atoms with Gasteiger partial charge in [-0.05, 0) is 0 Å². The number of methoxy groups -OCH3 is 3. The topological polar surface area (TPSA) is 139 Å². The molecule has 0 bridgehead atoms. The maximum absolute atomic E-state index is 12.4. The lowest BCUT2D eigenvalue weighted by Crippen LogP contribution is -2.31. The zero-order valence-electron chi connectivity index (χ0n) is 15.3. The second-order valence-corrected chi connectivity index (χ2v) is 5.44. The molecule has 1 heterocycles. The van der Waals surface area contributed by atoms with Crippen LogP contribution in [0.5, 0.6) is 11.5 Å². The molecular formula is C17H17N3O8. The molecule has 0 unspecified atom stereocenters. The molecule has 1 aromatic heterocycles. The first-order valence-electron chi connectivity index (χ1n) is 7.79. The molecule has 0 aliphatic heterocycles. The van der Waals surface area contributed by atoms with E-state index in [0.29, 0.717) is 17.2 Å². The molecule has 148 valence electrons. The zero-order chi connectivity index (χ0) is 20.8. The normalized spacial score (nSPS) is 10.1. The number of carbonyl (C=O) groups is 2. The van der Waals surface area contributed by atoms with Gasteiger partial charge in [0, 0.05) is 30.0 Å². The largest absolute Gasteiger partial charge is 0.497 e. The number of esters is 1. The maximum Gasteiger partial charge on any atom is 0.343 e. The summed E-state index contributed by atoms with van der Waals surface area (Å²) < 4.78 is 15.4. The number of nitro groups is 1. The van der Waals surface area contributed by atoms with E-state index in [2.05, 4.69) is 10.1 Å². The molecule has 1 amide bonds. The fraction of sp³-hybridized carbons (Fsp3) is 0.235. The third kappa shape index (κ3) is 4.63. The van der Waals surface area contributed by atoms with Gasteiger partial charge in [-0.1, -0.05) is 0 Å². The van der Waals surface area contributed by atoms with Gasteiger partial charge in [0.1, 0.15) is 23.6 Å². The van der Waals surface area contributed by atoms with Gasteiger partial charge in [0.2, 0.25) is 5.91 Å². The van der Waals surface area contributed by atoms with Crippen molar-refractivity contribution in [2.75, 3.05) is 26.6 Å². The van der Waals surface area contributed by atoms with Gasteiger partial charge in [0.05, 0.1) is 32.4 Å². The molecule has 0 saturated heterocycles. The lowest BCUT2D eigenvalue weighted by molar-refractivity contribution is -0.385. The van der Waals surface area contributed by atoms with Crippen molar-refractivity contribution in [2.24, 2.45) is 0 Å². The first-order chi connectivity index (χ1) is 13.3. The summed E-state index contributed by atoms with van der Waals surface area (Å²) >= 11 is 0. The van der Waals surface area contributed by atoms with Gasteiger partial charge in [-0.25, -0.2) is 4.79 Å². The monoisotopic (exact) mass is 391 g/mol. The van der Waals surface area contributed by atoms with Crippen LogP contribution in [0, 0.1) is 10.1 Å². The van der Waals surface area contributed by atoms with E-state index >= 15 is 0 Å². The third-order valence-corrected chi connectivity index (χ3v) is 3.64. The fourth-order valence-corrected chi connectivity index (χ4v) is 2.33. The van der Waals surface area contributed by atoms with Gasteiger partial charge in [-0.3, -0.25) is 24.3 Å². The van der Waals surface area contributed by atoms with Gasteiger partial charge in [-0.2, -0.15) is 0 Å². The summed E-state index contributed by atoms with van der Waals surface area (Å²) in [6, 6.07) is 5.45. The summed E-state index contributed by atoms with van der Waals surface area (Å²) in [5.41, 5.74) is -1.65. The Balaban J connectivity index is 2.33. The zero-order valence-corrected chi connectivity index (χ0v) is 15.3. The van der Waals surface area contributed by atoms with Crippen LogP contribution in [0.25, 0.3) is 0 Å². The number of nitrogens with zero attached hydrogens (tertiary/aromatic N) is 2. The molecule has 2 rings (SSSR count). The van der Waals surface area contributed by atoms with E-state index in [9.17, 15) is 24.5 Å². The number of nitrogens with one attached hydrogen (secondary N) is 1. The summed E-state index contributed by atoms with van der Waals surface area (Å²) in [6.07, 6.45) is 0.876. The molecule has 28 heavy (non-hydrogen) atoms. The number of rotatable bonds is 7. The van der Waals surface area contributed by atoms with Crippen LogP contribution in [0.15, 0.2) is 35.3 Å². The SMILES string of the molecule is COC(=O)c1cc([N+](=O)[O-])cn(CC(=O)Nc2cc(OC)cc(OC)c2)c1=O. The number of pyridine rings is 1.